The first-order chi connectivity index (χ1) is 9.60. The van der Waals surface area contributed by atoms with E-state index in [1.165, 1.54) is 0 Å². The Morgan fingerprint density at radius 3 is 2.65 bits per heavy atom. The summed E-state index contributed by atoms with van der Waals surface area (Å²) in [6.45, 7) is 6.42. The van der Waals surface area contributed by atoms with Gasteiger partial charge in [-0.2, -0.15) is 0 Å². The fourth-order valence-corrected chi connectivity index (χ4v) is 2.28. The van der Waals surface area contributed by atoms with E-state index in [4.69, 9.17) is 4.74 Å². The maximum atomic E-state index is 13.0. The van der Waals surface area contributed by atoms with Crippen molar-refractivity contribution >= 4 is 0 Å². The van der Waals surface area contributed by atoms with E-state index >= 15 is 0 Å². The minimum Gasteiger partial charge on any atom is -0.374 e. The van der Waals surface area contributed by atoms with Crippen LogP contribution in [0, 0.1) is 17.5 Å². The van der Waals surface area contributed by atoms with Crippen molar-refractivity contribution in [1.29, 1.82) is 0 Å². The third kappa shape index (κ3) is 3.94. The number of ether oxygens (including phenoxy) is 1. The van der Waals surface area contributed by atoms with Gasteiger partial charge in [0.05, 0.1) is 12.7 Å². The second kappa shape index (κ2) is 7.06. The van der Waals surface area contributed by atoms with Crippen LogP contribution in [0.2, 0.25) is 0 Å². The fraction of sp³-hybridized carbons (Fsp3) is 0.571. The van der Waals surface area contributed by atoms with Crippen molar-refractivity contribution in [2.75, 3.05) is 32.8 Å². The number of nitrogens with one attached hydrogen (secondary N) is 1. The molecule has 112 valence electrons. The molecule has 0 aromatic heterocycles. The van der Waals surface area contributed by atoms with E-state index in [-0.39, 0.29) is 12.6 Å². The van der Waals surface area contributed by atoms with Gasteiger partial charge < -0.3 is 10.1 Å². The van der Waals surface area contributed by atoms with Crippen molar-refractivity contribution in [3.63, 3.8) is 0 Å². The second-order valence-electron chi connectivity index (χ2n) is 4.89. The first-order valence-electron chi connectivity index (χ1n) is 6.78. The van der Waals surface area contributed by atoms with Gasteiger partial charge in [0.15, 0.2) is 17.5 Å². The van der Waals surface area contributed by atoms with Gasteiger partial charge in [0.25, 0.3) is 0 Å². The molecule has 0 saturated carbocycles. The van der Waals surface area contributed by atoms with E-state index in [0.29, 0.717) is 18.7 Å². The van der Waals surface area contributed by atoms with Crippen LogP contribution in [0.1, 0.15) is 12.5 Å². The maximum absolute atomic E-state index is 13.0. The Labute approximate surface area is 116 Å². The maximum Gasteiger partial charge on any atom is 0.194 e. The third-order valence-electron chi connectivity index (χ3n) is 3.41. The lowest BCUT2D eigenvalue weighted by Gasteiger charge is -2.32. The van der Waals surface area contributed by atoms with Crippen molar-refractivity contribution < 1.29 is 17.9 Å². The zero-order valence-corrected chi connectivity index (χ0v) is 11.5. The lowest BCUT2D eigenvalue weighted by atomic mass is 10.2. The van der Waals surface area contributed by atoms with E-state index in [2.05, 4.69) is 17.1 Å². The van der Waals surface area contributed by atoms with Crippen LogP contribution in [0.4, 0.5) is 13.2 Å². The van der Waals surface area contributed by atoms with Gasteiger partial charge in [0, 0.05) is 26.2 Å². The second-order valence-corrected chi connectivity index (χ2v) is 4.89. The monoisotopic (exact) mass is 288 g/mol. The Kier molecular flexibility index (Phi) is 5.39. The summed E-state index contributed by atoms with van der Waals surface area (Å²) in [4.78, 5) is 2.28. The Hall–Kier alpha value is -1.11. The molecule has 1 saturated heterocycles. The normalized spacial score (nSPS) is 20.3. The molecule has 1 aliphatic rings. The largest absolute Gasteiger partial charge is 0.374 e. The number of rotatable bonds is 5. The zero-order valence-electron chi connectivity index (χ0n) is 11.5. The van der Waals surface area contributed by atoms with E-state index in [0.717, 1.165) is 31.8 Å². The molecule has 6 heteroatoms. The fourth-order valence-electron chi connectivity index (χ4n) is 2.28. The number of halogens is 3. The van der Waals surface area contributed by atoms with Crippen LogP contribution in [0.3, 0.4) is 0 Å². The molecule has 3 nitrogen and oxygen atoms in total. The zero-order chi connectivity index (χ0) is 14.5. The summed E-state index contributed by atoms with van der Waals surface area (Å²) in [5.41, 5.74) is 0.379. The number of hydrogen-bond donors (Lipinski definition) is 1. The van der Waals surface area contributed by atoms with Crippen molar-refractivity contribution in [3.05, 3.63) is 35.1 Å². The van der Waals surface area contributed by atoms with E-state index in [9.17, 15) is 13.2 Å². The highest BCUT2D eigenvalue weighted by atomic mass is 19.2. The summed E-state index contributed by atoms with van der Waals surface area (Å²) in [5.74, 6) is -3.75. The summed E-state index contributed by atoms with van der Waals surface area (Å²) in [7, 11) is 0. The molecule has 0 aliphatic carbocycles. The van der Waals surface area contributed by atoms with Gasteiger partial charge in [-0.3, -0.25) is 4.90 Å². The SMILES string of the molecule is CCN1CCOC(CNCc2cc(F)c(F)c(F)c2)C1. The molecular formula is C14H19F3N2O. The Balaban J connectivity index is 1.81. The highest BCUT2D eigenvalue weighted by molar-refractivity contribution is 5.19. The summed E-state index contributed by atoms with van der Waals surface area (Å²) < 4.78 is 44.5. The van der Waals surface area contributed by atoms with Gasteiger partial charge in [0.1, 0.15) is 0 Å². The molecule has 1 fully saturated rings. The number of likely N-dealkylation sites (N-methyl/N-ethyl adjacent to an activating group) is 1. The lowest BCUT2D eigenvalue weighted by molar-refractivity contribution is -0.0253. The van der Waals surface area contributed by atoms with Gasteiger partial charge in [-0.15, -0.1) is 0 Å². The van der Waals surface area contributed by atoms with E-state index in [1.54, 1.807) is 0 Å². The molecule has 1 aromatic rings. The molecule has 1 N–H and O–H groups in total. The first-order valence-corrected chi connectivity index (χ1v) is 6.78. The van der Waals surface area contributed by atoms with Crippen LogP contribution in [0.15, 0.2) is 12.1 Å². The van der Waals surface area contributed by atoms with Crippen LogP contribution in [-0.2, 0) is 11.3 Å². The van der Waals surface area contributed by atoms with Crippen molar-refractivity contribution in [1.82, 2.24) is 10.2 Å². The van der Waals surface area contributed by atoms with Gasteiger partial charge in [-0.05, 0) is 24.2 Å². The predicted octanol–water partition coefficient (Wildman–Crippen LogP) is 1.91. The summed E-state index contributed by atoms with van der Waals surface area (Å²) in [6, 6.07) is 2.01. The molecule has 1 heterocycles. The topological polar surface area (TPSA) is 24.5 Å². The van der Waals surface area contributed by atoms with Crippen LogP contribution < -0.4 is 5.32 Å². The van der Waals surface area contributed by atoms with Gasteiger partial charge in [-0.1, -0.05) is 6.92 Å². The summed E-state index contributed by atoms with van der Waals surface area (Å²) in [5, 5.41) is 3.08. The van der Waals surface area contributed by atoms with Gasteiger partial charge in [0.2, 0.25) is 0 Å². The quantitative estimate of drug-likeness (QED) is 0.838. The smallest absolute Gasteiger partial charge is 0.194 e. The number of hydrogen-bond acceptors (Lipinski definition) is 3. The molecule has 1 aromatic carbocycles. The number of morpholine rings is 1. The predicted molar refractivity (Wildman–Crippen MR) is 69.9 cm³/mol. The summed E-state index contributed by atoms with van der Waals surface area (Å²) >= 11 is 0. The van der Waals surface area contributed by atoms with Crippen LogP contribution in [0.5, 0.6) is 0 Å². The van der Waals surface area contributed by atoms with Crippen LogP contribution in [0.25, 0.3) is 0 Å². The van der Waals surface area contributed by atoms with Crippen molar-refractivity contribution in [3.8, 4) is 0 Å². The molecule has 0 amide bonds. The van der Waals surface area contributed by atoms with Crippen molar-refractivity contribution in [2.24, 2.45) is 0 Å². The molecule has 0 bridgehead atoms. The Morgan fingerprint density at radius 1 is 1.30 bits per heavy atom. The van der Waals surface area contributed by atoms with E-state index < -0.39 is 17.5 Å². The number of nitrogens with zero attached hydrogens (tertiary/aromatic N) is 1. The number of benzene rings is 1. The highest BCUT2D eigenvalue weighted by Gasteiger charge is 2.18. The molecule has 1 atom stereocenters. The lowest BCUT2D eigenvalue weighted by Crippen LogP contribution is -2.46. The van der Waals surface area contributed by atoms with Crippen molar-refractivity contribution in [2.45, 2.75) is 19.6 Å². The molecule has 20 heavy (non-hydrogen) atoms. The van der Waals surface area contributed by atoms with Gasteiger partial charge in [-0.25, -0.2) is 13.2 Å². The molecule has 2 rings (SSSR count). The van der Waals surface area contributed by atoms with Gasteiger partial charge >= 0.3 is 0 Å². The molecule has 0 radical (unpaired) electrons. The Morgan fingerprint density at radius 2 is 2.00 bits per heavy atom. The minimum atomic E-state index is -1.43. The first kappa shape index (κ1) is 15.3. The molecule has 1 unspecified atom stereocenters. The van der Waals surface area contributed by atoms with E-state index in [1.807, 2.05) is 0 Å². The highest BCUT2D eigenvalue weighted by Crippen LogP contribution is 2.13. The van der Waals surface area contributed by atoms with Crippen LogP contribution >= 0.6 is 0 Å². The minimum absolute atomic E-state index is 0.0684. The standard InChI is InChI=1S/C14H19F3N2O/c1-2-19-3-4-20-11(9-19)8-18-7-10-5-12(15)14(17)13(16)6-10/h5-6,11,18H,2-4,7-9H2,1H3. The molecule has 1 aliphatic heterocycles. The Bertz CT molecular complexity index is 433. The molecular weight excluding hydrogens is 269 g/mol. The average molecular weight is 288 g/mol. The third-order valence-corrected chi connectivity index (χ3v) is 3.41. The molecule has 0 spiro atoms. The average Bonchev–Trinajstić information content (AvgIpc) is 2.45. The van der Waals surface area contributed by atoms with Crippen LogP contribution in [-0.4, -0.2) is 43.8 Å². The summed E-state index contributed by atoms with van der Waals surface area (Å²) in [6.07, 6.45) is 0.0684.